The van der Waals surface area contributed by atoms with Crippen molar-refractivity contribution in [3.8, 4) is 0 Å². The maximum absolute atomic E-state index is 12.5. The van der Waals surface area contributed by atoms with E-state index in [9.17, 15) is 24.0 Å². The van der Waals surface area contributed by atoms with Crippen molar-refractivity contribution < 1.29 is 24.0 Å². The molecule has 0 aliphatic carbocycles. The molecular formula is C19H25N5O5. The molecule has 0 saturated carbocycles. The Kier molecular flexibility index (Phi) is 6.57. The third-order valence-electron chi connectivity index (χ3n) is 4.30. The van der Waals surface area contributed by atoms with Crippen molar-refractivity contribution >= 4 is 41.0 Å². The van der Waals surface area contributed by atoms with Crippen LogP contribution in [0.1, 0.15) is 27.7 Å². The molecule has 0 radical (unpaired) electrons. The van der Waals surface area contributed by atoms with Gasteiger partial charge >= 0.3 is 6.03 Å². The van der Waals surface area contributed by atoms with E-state index >= 15 is 0 Å². The van der Waals surface area contributed by atoms with Gasteiger partial charge in [0.2, 0.25) is 17.7 Å². The molecule has 1 saturated heterocycles. The van der Waals surface area contributed by atoms with Gasteiger partial charge in [-0.2, -0.15) is 0 Å². The highest BCUT2D eigenvalue weighted by Crippen LogP contribution is 2.17. The summed E-state index contributed by atoms with van der Waals surface area (Å²) in [5, 5.41) is 7.79. The fourth-order valence-electron chi connectivity index (χ4n) is 2.79. The third-order valence-corrected chi connectivity index (χ3v) is 4.30. The van der Waals surface area contributed by atoms with Gasteiger partial charge < -0.3 is 20.9 Å². The molecule has 0 bridgehead atoms. The predicted molar refractivity (Wildman–Crippen MR) is 106 cm³/mol. The summed E-state index contributed by atoms with van der Waals surface area (Å²) in [5.74, 6) is -1.63. The fourth-order valence-corrected chi connectivity index (χ4v) is 2.79. The summed E-state index contributed by atoms with van der Waals surface area (Å²) in [5.41, 5.74) is 0.0376. The number of nitrogens with zero attached hydrogens (tertiary/aromatic N) is 2. The second kappa shape index (κ2) is 8.72. The second-order valence-corrected chi connectivity index (χ2v) is 7.16. The number of benzene rings is 1. The molecule has 0 unspecified atom stereocenters. The van der Waals surface area contributed by atoms with Crippen LogP contribution >= 0.6 is 0 Å². The van der Waals surface area contributed by atoms with Crippen molar-refractivity contribution in [2.24, 2.45) is 0 Å². The summed E-state index contributed by atoms with van der Waals surface area (Å²) in [6.45, 7) is 5.78. The maximum atomic E-state index is 12.5. The lowest BCUT2D eigenvalue weighted by Gasteiger charge is -2.23. The molecule has 1 aliphatic heterocycles. The first-order valence-electron chi connectivity index (χ1n) is 9.13. The van der Waals surface area contributed by atoms with E-state index in [0.29, 0.717) is 11.4 Å². The number of nitrogens with one attached hydrogen (secondary N) is 3. The lowest BCUT2D eigenvalue weighted by atomic mass is 10.1. The standard InChI is InChI=1S/C19H25N5O5/c1-5-23(16(27)11-24-17(28)19(3,4)22-18(24)29)10-15(26)21-14-8-6-13(7-9-14)20-12(2)25/h6-9H,5,10-11H2,1-4H3,(H,20,25)(H,21,26)(H,22,29). The van der Waals surface area contributed by atoms with Crippen LogP contribution in [0.3, 0.4) is 0 Å². The predicted octanol–water partition coefficient (Wildman–Crippen LogP) is 0.762. The molecule has 0 atom stereocenters. The molecule has 1 heterocycles. The number of anilines is 2. The van der Waals surface area contributed by atoms with Crippen LogP contribution in [0.15, 0.2) is 24.3 Å². The monoisotopic (exact) mass is 403 g/mol. The van der Waals surface area contributed by atoms with Crippen LogP contribution in [-0.2, 0) is 19.2 Å². The normalized spacial score (nSPS) is 15.0. The van der Waals surface area contributed by atoms with E-state index in [4.69, 9.17) is 0 Å². The third kappa shape index (κ3) is 5.53. The number of hydrogen-bond acceptors (Lipinski definition) is 5. The van der Waals surface area contributed by atoms with Crippen LogP contribution in [-0.4, -0.2) is 64.6 Å². The second-order valence-electron chi connectivity index (χ2n) is 7.16. The largest absolute Gasteiger partial charge is 0.332 e. The molecule has 10 heteroatoms. The molecule has 1 aromatic carbocycles. The Morgan fingerprint density at radius 3 is 2.07 bits per heavy atom. The smallest absolute Gasteiger partial charge is 0.325 e. The van der Waals surface area contributed by atoms with Crippen LogP contribution in [0.25, 0.3) is 0 Å². The van der Waals surface area contributed by atoms with Crippen molar-refractivity contribution in [3.05, 3.63) is 24.3 Å². The van der Waals surface area contributed by atoms with E-state index in [-0.39, 0.29) is 19.0 Å². The first kappa shape index (κ1) is 21.9. The summed E-state index contributed by atoms with van der Waals surface area (Å²) in [7, 11) is 0. The van der Waals surface area contributed by atoms with Gasteiger partial charge in [-0.15, -0.1) is 0 Å². The van der Waals surface area contributed by atoms with Gasteiger partial charge in [-0.1, -0.05) is 0 Å². The molecule has 1 fully saturated rings. The van der Waals surface area contributed by atoms with Gasteiger partial charge in [0.25, 0.3) is 5.91 Å². The number of amides is 6. The molecule has 156 valence electrons. The Hall–Kier alpha value is -3.43. The molecule has 3 N–H and O–H groups in total. The minimum absolute atomic E-state index is 0.201. The SMILES string of the molecule is CCN(CC(=O)Nc1ccc(NC(C)=O)cc1)C(=O)CN1C(=O)NC(C)(C)C1=O. The van der Waals surface area contributed by atoms with Crippen molar-refractivity contribution in [1.82, 2.24) is 15.1 Å². The van der Waals surface area contributed by atoms with Crippen molar-refractivity contribution in [3.63, 3.8) is 0 Å². The molecule has 10 nitrogen and oxygen atoms in total. The molecule has 0 aromatic heterocycles. The highest BCUT2D eigenvalue weighted by molar-refractivity contribution is 6.08. The quantitative estimate of drug-likeness (QED) is 0.579. The number of urea groups is 1. The van der Waals surface area contributed by atoms with E-state index in [1.54, 1.807) is 45.0 Å². The molecule has 6 amide bonds. The van der Waals surface area contributed by atoms with Gasteiger partial charge in [0.15, 0.2) is 0 Å². The topological polar surface area (TPSA) is 128 Å². The molecule has 29 heavy (non-hydrogen) atoms. The number of hydrogen-bond donors (Lipinski definition) is 3. The summed E-state index contributed by atoms with van der Waals surface area (Å²) in [6.07, 6.45) is 0. The van der Waals surface area contributed by atoms with Gasteiger partial charge in [0, 0.05) is 24.8 Å². The van der Waals surface area contributed by atoms with Gasteiger partial charge in [0.1, 0.15) is 12.1 Å². The molecule has 1 aromatic rings. The number of rotatable bonds is 7. The van der Waals surface area contributed by atoms with E-state index in [0.717, 1.165) is 4.90 Å². The van der Waals surface area contributed by atoms with Gasteiger partial charge in [-0.3, -0.25) is 24.1 Å². The molecule has 1 aliphatic rings. The first-order chi connectivity index (χ1) is 13.5. The summed E-state index contributed by atoms with van der Waals surface area (Å²) >= 11 is 0. The van der Waals surface area contributed by atoms with Crippen LogP contribution < -0.4 is 16.0 Å². The summed E-state index contributed by atoms with van der Waals surface area (Å²) < 4.78 is 0. The molecule has 0 spiro atoms. The summed E-state index contributed by atoms with van der Waals surface area (Å²) in [6, 6.07) is 5.89. The van der Waals surface area contributed by atoms with Crippen molar-refractivity contribution in [2.45, 2.75) is 33.2 Å². The highest BCUT2D eigenvalue weighted by atomic mass is 16.2. The minimum Gasteiger partial charge on any atom is -0.332 e. The van der Waals surface area contributed by atoms with Crippen LogP contribution in [0.2, 0.25) is 0 Å². The molecular weight excluding hydrogens is 378 g/mol. The highest BCUT2D eigenvalue weighted by Gasteiger charge is 2.45. The number of carbonyl (C=O) groups is 5. The Bertz CT molecular complexity index is 834. The molecule has 2 rings (SSSR count). The van der Waals surface area contributed by atoms with Crippen LogP contribution in [0.5, 0.6) is 0 Å². The zero-order valence-electron chi connectivity index (χ0n) is 16.9. The zero-order chi connectivity index (χ0) is 21.8. The van der Waals surface area contributed by atoms with E-state index in [1.807, 2.05) is 0 Å². The van der Waals surface area contributed by atoms with Gasteiger partial charge in [-0.25, -0.2) is 4.79 Å². The minimum atomic E-state index is -1.06. The number of likely N-dealkylation sites (N-methyl/N-ethyl adjacent to an activating group) is 1. The lowest BCUT2D eigenvalue weighted by molar-refractivity contribution is -0.139. The Morgan fingerprint density at radius 2 is 1.62 bits per heavy atom. The van der Waals surface area contributed by atoms with Crippen LogP contribution in [0.4, 0.5) is 16.2 Å². The number of carbonyl (C=O) groups excluding carboxylic acids is 5. The zero-order valence-corrected chi connectivity index (χ0v) is 16.9. The average Bonchev–Trinajstić information content (AvgIpc) is 2.82. The number of imide groups is 1. The van der Waals surface area contributed by atoms with Crippen LogP contribution in [0, 0.1) is 0 Å². The Labute approximate surface area is 168 Å². The average molecular weight is 403 g/mol. The van der Waals surface area contributed by atoms with E-state index in [1.165, 1.54) is 11.8 Å². The first-order valence-corrected chi connectivity index (χ1v) is 9.13. The summed E-state index contributed by atoms with van der Waals surface area (Å²) in [4.78, 5) is 62.0. The Morgan fingerprint density at radius 1 is 1.07 bits per heavy atom. The lowest BCUT2D eigenvalue weighted by Crippen LogP contribution is -2.46. The van der Waals surface area contributed by atoms with Gasteiger partial charge in [-0.05, 0) is 45.0 Å². The van der Waals surface area contributed by atoms with Crippen molar-refractivity contribution in [2.75, 3.05) is 30.3 Å². The maximum Gasteiger partial charge on any atom is 0.325 e. The van der Waals surface area contributed by atoms with E-state index < -0.39 is 35.8 Å². The van der Waals surface area contributed by atoms with E-state index in [2.05, 4.69) is 16.0 Å². The van der Waals surface area contributed by atoms with Gasteiger partial charge in [0.05, 0.1) is 6.54 Å². The van der Waals surface area contributed by atoms with Crippen molar-refractivity contribution in [1.29, 1.82) is 0 Å². The Balaban J connectivity index is 1.94. The fraction of sp³-hybridized carbons (Fsp3) is 0.421.